The molecule has 0 bridgehead atoms. The lowest BCUT2D eigenvalue weighted by Gasteiger charge is -2.41. The highest BCUT2D eigenvalue weighted by Gasteiger charge is 2.49. The van der Waals surface area contributed by atoms with Crippen molar-refractivity contribution >= 4 is 0 Å². The molecule has 0 nitrogen and oxygen atoms in total. The Morgan fingerprint density at radius 3 is 1.43 bits per heavy atom. The van der Waals surface area contributed by atoms with Gasteiger partial charge in [-0.25, -0.2) is 0 Å². The van der Waals surface area contributed by atoms with Crippen molar-refractivity contribution < 1.29 is 0 Å². The fourth-order valence-electron chi connectivity index (χ4n) is 5.71. The van der Waals surface area contributed by atoms with Crippen LogP contribution in [0.5, 0.6) is 0 Å². The molecule has 6 rings (SSSR count). The third-order valence-electron chi connectivity index (χ3n) is 6.93. The molecule has 0 aliphatic heterocycles. The smallest absolute Gasteiger partial charge is 0.0619 e. The van der Waals surface area contributed by atoms with Crippen molar-refractivity contribution in [2.45, 2.75) is 25.7 Å². The molecule has 0 N–H and O–H groups in total. The van der Waals surface area contributed by atoms with E-state index < -0.39 is 0 Å². The maximum absolute atomic E-state index is 2.37. The second-order valence-electron chi connectivity index (χ2n) is 8.22. The van der Waals surface area contributed by atoms with E-state index in [1.807, 2.05) is 0 Å². The minimum absolute atomic E-state index is 0.214. The normalized spacial score (nSPS) is 14.9. The molecule has 0 heterocycles. The highest BCUT2D eigenvalue weighted by Crippen LogP contribution is 2.59. The van der Waals surface area contributed by atoms with Gasteiger partial charge in [0, 0.05) is 0 Å². The molecule has 0 aromatic heterocycles. The van der Waals surface area contributed by atoms with Crippen molar-refractivity contribution in [3.05, 3.63) is 129 Å². The molecule has 0 amide bonds. The van der Waals surface area contributed by atoms with Crippen molar-refractivity contribution in [3.8, 4) is 11.1 Å². The van der Waals surface area contributed by atoms with Crippen LogP contribution in [0, 0.1) is 13.8 Å². The quantitative estimate of drug-likeness (QED) is 0.288. The van der Waals surface area contributed by atoms with Gasteiger partial charge in [-0.1, -0.05) is 84.9 Å². The first-order valence-corrected chi connectivity index (χ1v) is 10.1. The molecule has 4 aromatic rings. The highest BCUT2D eigenvalue weighted by molar-refractivity contribution is 5.87. The summed E-state index contributed by atoms with van der Waals surface area (Å²) in [5, 5.41) is 0. The highest BCUT2D eigenvalue weighted by atomic mass is 14.5. The number of benzene rings is 4. The van der Waals surface area contributed by atoms with Crippen molar-refractivity contribution in [3.63, 3.8) is 0 Å². The summed E-state index contributed by atoms with van der Waals surface area (Å²) in [5.74, 6) is 0. The summed E-state index contributed by atoms with van der Waals surface area (Å²) >= 11 is 0. The van der Waals surface area contributed by atoms with Crippen molar-refractivity contribution in [2.75, 3.05) is 0 Å². The first-order chi connectivity index (χ1) is 13.7. The Kier molecular flexibility index (Phi) is 3.09. The molecular weight excluding hydrogens is 336 g/mol. The van der Waals surface area contributed by atoms with Crippen LogP contribution in [0.1, 0.15) is 44.5 Å². The summed E-state index contributed by atoms with van der Waals surface area (Å²) in [6.45, 7) is 4.53. The molecule has 1 spiro atoms. The SMILES string of the molecule is Cc1cccc2c1Cc1c(C)cccc1C21c2ccccc2-c2ccccc21. The van der Waals surface area contributed by atoms with Crippen LogP contribution in [0.2, 0.25) is 0 Å². The molecule has 0 heteroatoms. The molecule has 0 atom stereocenters. The molecule has 0 saturated heterocycles. The van der Waals surface area contributed by atoms with Gasteiger partial charge in [-0.2, -0.15) is 0 Å². The van der Waals surface area contributed by atoms with Crippen LogP contribution in [0.25, 0.3) is 11.1 Å². The second-order valence-corrected chi connectivity index (χ2v) is 8.22. The van der Waals surface area contributed by atoms with Crippen LogP contribution in [0.3, 0.4) is 0 Å². The van der Waals surface area contributed by atoms with E-state index in [-0.39, 0.29) is 5.41 Å². The standard InChI is InChI=1S/C28H22/c1-18-9-7-15-26-22(18)17-23-19(2)10-8-16-27(23)28(26)24-13-5-3-11-20(24)21-12-4-6-14-25(21)28/h3-16H,17H2,1-2H3. The largest absolute Gasteiger partial charge is 0.0719 e. The number of rotatable bonds is 0. The van der Waals surface area contributed by atoms with Crippen LogP contribution in [-0.2, 0) is 11.8 Å². The van der Waals surface area contributed by atoms with Gasteiger partial charge in [0.05, 0.1) is 5.41 Å². The minimum Gasteiger partial charge on any atom is -0.0619 e. The Labute approximate surface area is 166 Å². The van der Waals surface area contributed by atoms with Gasteiger partial charge in [0.15, 0.2) is 0 Å². The van der Waals surface area contributed by atoms with Gasteiger partial charge in [0.1, 0.15) is 0 Å². The molecule has 2 aliphatic rings. The summed E-state index contributed by atoms with van der Waals surface area (Å²) in [7, 11) is 0. The Hall–Kier alpha value is -3.12. The summed E-state index contributed by atoms with van der Waals surface area (Å²) in [4.78, 5) is 0. The van der Waals surface area contributed by atoms with E-state index in [1.165, 1.54) is 55.6 Å². The monoisotopic (exact) mass is 358 g/mol. The van der Waals surface area contributed by atoms with Gasteiger partial charge in [-0.3, -0.25) is 0 Å². The summed E-state index contributed by atoms with van der Waals surface area (Å²) in [6.07, 6.45) is 1.02. The fourth-order valence-corrected chi connectivity index (χ4v) is 5.71. The number of fused-ring (bicyclic) bond motifs is 9. The van der Waals surface area contributed by atoms with Gasteiger partial charge in [0.2, 0.25) is 0 Å². The molecule has 134 valence electrons. The van der Waals surface area contributed by atoms with Gasteiger partial charge < -0.3 is 0 Å². The van der Waals surface area contributed by atoms with E-state index in [4.69, 9.17) is 0 Å². The Morgan fingerprint density at radius 1 is 0.500 bits per heavy atom. The zero-order valence-electron chi connectivity index (χ0n) is 16.3. The molecule has 0 saturated carbocycles. The Bertz CT molecular complexity index is 1160. The van der Waals surface area contributed by atoms with E-state index in [1.54, 1.807) is 0 Å². The molecule has 0 radical (unpaired) electrons. The minimum atomic E-state index is -0.214. The second kappa shape index (κ2) is 5.45. The lowest BCUT2D eigenvalue weighted by Crippen LogP contribution is -2.35. The third kappa shape index (κ3) is 1.76. The average molecular weight is 358 g/mol. The first-order valence-electron chi connectivity index (χ1n) is 10.1. The van der Waals surface area contributed by atoms with Crippen LogP contribution in [0.4, 0.5) is 0 Å². The van der Waals surface area contributed by atoms with Crippen molar-refractivity contribution in [2.24, 2.45) is 0 Å². The summed E-state index contributed by atoms with van der Waals surface area (Å²) < 4.78 is 0. The van der Waals surface area contributed by atoms with E-state index in [0.29, 0.717) is 0 Å². The van der Waals surface area contributed by atoms with Crippen LogP contribution < -0.4 is 0 Å². The van der Waals surface area contributed by atoms with E-state index in [0.717, 1.165) is 6.42 Å². The van der Waals surface area contributed by atoms with Crippen LogP contribution in [0.15, 0.2) is 84.9 Å². The zero-order valence-corrected chi connectivity index (χ0v) is 16.3. The lowest BCUT2D eigenvalue weighted by molar-refractivity contribution is 0.716. The number of hydrogen-bond donors (Lipinski definition) is 0. The first kappa shape index (κ1) is 15.9. The number of hydrogen-bond acceptors (Lipinski definition) is 0. The van der Waals surface area contributed by atoms with Gasteiger partial charge in [-0.15, -0.1) is 0 Å². The predicted molar refractivity (Wildman–Crippen MR) is 116 cm³/mol. The maximum Gasteiger partial charge on any atom is 0.0719 e. The van der Waals surface area contributed by atoms with Gasteiger partial charge in [-0.05, 0) is 75.9 Å². The third-order valence-corrected chi connectivity index (χ3v) is 6.93. The molecule has 2 aliphatic carbocycles. The Morgan fingerprint density at radius 2 is 0.929 bits per heavy atom. The van der Waals surface area contributed by atoms with E-state index in [2.05, 4.69) is 98.8 Å². The fraction of sp³-hybridized carbons (Fsp3) is 0.143. The zero-order chi connectivity index (χ0) is 18.9. The van der Waals surface area contributed by atoms with Gasteiger partial charge >= 0.3 is 0 Å². The lowest BCUT2D eigenvalue weighted by atomic mass is 9.60. The summed E-state index contributed by atoms with van der Waals surface area (Å²) in [6, 6.07) is 31.8. The predicted octanol–water partition coefficient (Wildman–Crippen LogP) is 6.57. The summed E-state index contributed by atoms with van der Waals surface area (Å²) in [5.41, 5.74) is 14.1. The van der Waals surface area contributed by atoms with Crippen molar-refractivity contribution in [1.82, 2.24) is 0 Å². The Balaban J connectivity index is 1.88. The number of aryl methyl sites for hydroxylation is 2. The van der Waals surface area contributed by atoms with Crippen LogP contribution >= 0.6 is 0 Å². The molecule has 28 heavy (non-hydrogen) atoms. The topological polar surface area (TPSA) is 0 Å². The molecule has 0 unspecified atom stereocenters. The van der Waals surface area contributed by atoms with E-state index >= 15 is 0 Å². The van der Waals surface area contributed by atoms with Gasteiger partial charge in [0.25, 0.3) is 0 Å². The van der Waals surface area contributed by atoms with E-state index in [9.17, 15) is 0 Å². The molecular formula is C28H22. The average Bonchev–Trinajstić information content (AvgIpc) is 3.02. The molecule has 0 fully saturated rings. The maximum atomic E-state index is 2.37. The van der Waals surface area contributed by atoms with Crippen LogP contribution in [-0.4, -0.2) is 0 Å². The van der Waals surface area contributed by atoms with Crippen molar-refractivity contribution in [1.29, 1.82) is 0 Å². The molecule has 4 aromatic carbocycles.